The molecule has 0 fully saturated rings. The van der Waals surface area contributed by atoms with Crippen molar-refractivity contribution < 1.29 is 19.4 Å². The maximum atomic E-state index is 11.6. The van der Waals surface area contributed by atoms with Gasteiger partial charge in [0.2, 0.25) is 5.88 Å². The molecule has 1 aromatic carbocycles. The number of nitrogens with zero attached hydrogens (tertiary/aromatic N) is 1. The molecule has 0 aliphatic rings. The predicted molar refractivity (Wildman–Crippen MR) is 76.3 cm³/mol. The van der Waals surface area contributed by atoms with Gasteiger partial charge in [-0.05, 0) is 38.1 Å². The summed E-state index contributed by atoms with van der Waals surface area (Å²) in [5.74, 6) is -0.0836. The second-order valence-corrected chi connectivity index (χ2v) is 4.85. The van der Waals surface area contributed by atoms with Crippen LogP contribution >= 0.6 is 11.3 Å². The molecule has 0 bridgehead atoms. The summed E-state index contributed by atoms with van der Waals surface area (Å²) in [7, 11) is 0. The summed E-state index contributed by atoms with van der Waals surface area (Å²) in [6, 6.07) is 7.30. The molecule has 20 heavy (non-hydrogen) atoms. The third-order valence-corrected chi connectivity index (χ3v) is 3.56. The first kappa shape index (κ1) is 14.3. The molecule has 0 atom stereocenters. The van der Waals surface area contributed by atoms with Crippen molar-refractivity contribution in [2.24, 2.45) is 0 Å². The summed E-state index contributed by atoms with van der Waals surface area (Å²) >= 11 is 1.10. The van der Waals surface area contributed by atoms with Crippen LogP contribution in [0.5, 0.6) is 11.6 Å². The van der Waals surface area contributed by atoms with Gasteiger partial charge in [0.05, 0.1) is 13.2 Å². The molecule has 1 heterocycles. The number of carbonyl (C=O) groups is 1. The fraction of sp³-hybridized carbons (Fsp3) is 0.286. The van der Waals surface area contributed by atoms with Crippen molar-refractivity contribution in [2.75, 3.05) is 13.2 Å². The Balaban J connectivity index is 2.25. The fourth-order valence-electron chi connectivity index (χ4n) is 1.63. The lowest BCUT2D eigenvalue weighted by Gasteiger charge is -2.02. The van der Waals surface area contributed by atoms with Gasteiger partial charge in [0.15, 0.2) is 4.88 Å². The van der Waals surface area contributed by atoms with E-state index < -0.39 is 5.97 Å². The zero-order valence-corrected chi connectivity index (χ0v) is 12.1. The van der Waals surface area contributed by atoms with Crippen LogP contribution in [0.2, 0.25) is 0 Å². The largest absolute Gasteiger partial charge is 0.494 e. The normalized spacial score (nSPS) is 10.3. The molecule has 0 spiro atoms. The van der Waals surface area contributed by atoms with E-state index in [4.69, 9.17) is 9.47 Å². The summed E-state index contributed by atoms with van der Waals surface area (Å²) in [6.07, 6.45) is 0. The Hall–Kier alpha value is -2.08. The van der Waals surface area contributed by atoms with E-state index in [0.29, 0.717) is 11.6 Å². The molecule has 0 radical (unpaired) electrons. The highest BCUT2D eigenvalue weighted by Crippen LogP contribution is 2.33. The van der Waals surface area contributed by atoms with Crippen LogP contribution in [0.1, 0.15) is 23.5 Å². The van der Waals surface area contributed by atoms with E-state index in [-0.39, 0.29) is 17.4 Å². The fourth-order valence-corrected chi connectivity index (χ4v) is 2.48. The molecule has 5 nitrogen and oxygen atoms in total. The average Bonchev–Trinajstić information content (AvgIpc) is 2.82. The van der Waals surface area contributed by atoms with Crippen molar-refractivity contribution in [3.05, 3.63) is 29.1 Å². The molecule has 0 saturated carbocycles. The van der Waals surface area contributed by atoms with E-state index in [1.54, 1.807) is 6.92 Å². The summed E-state index contributed by atoms with van der Waals surface area (Å²) in [5, 5.41) is 10.3. The first-order valence-corrected chi connectivity index (χ1v) is 7.07. The van der Waals surface area contributed by atoms with Crippen LogP contribution in [-0.2, 0) is 4.74 Å². The van der Waals surface area contributed by atoms with Gasteiger partial charge in [-0.1, -0.05) is 0 Å². The number of ether oxygens (including phenoxy) is 2. The van der Waals surface area contributed by atoms with Gasteiger partial charge >= 0.3 is 5.97 Å². The molecular formula is C14H15NO4S. The number of benzene rings is 1. The van der Waals surface area contributed by atoms with Crippen LogP contribution in [0.25, 0.3) is 10.6 Å². The number of esters is 1. The number of carbonyl (C=O) groups excluding carboxylic acids is 1. The SMILES string of the molecule is CCOC(=O)c1sc(-c2ccc(OCC)cc2)nc1O. The van der Waals surface area contributed by atoms with Crippen LogP contribution in [0, 0.1) is 0 Å². The number of hydrogen-bond donors (Lipinski definition) is 1. The van der Waals surface area contributed by atoms with Gasteiger partial charge in [-0.25, -0.2) is 9.78 Å². The van der Waals surface area contributed by atoms with E-state index in [9.17, 15) is 9.90 Å². The van der Waals surface area contributed by atoms with Crippen molar-refractivity contribution in [1.82, 2.24) is 4.98 Å². The second kappa shape index (κ2) is 6.38. The summed E-state index contributed by atoms with van der Waals surface area (Å²) in [5.41, 5.74) is 0.810. The van der Waals surface area contributed by atoms with Crippen molar-refractivity contribution in [3.63, 3.8) is 0 Å². The van der Waals surface area contributed by atoms with Crippen LogP contribution in [-0.4, -0.2) is 29.3 Å². The van der Waals surface area contributed by atoms with Crippen LogP contribution in [0.3, 0.4) is 0 Å². The molecule has 0 aliphatic heterocycles. The topological polar surface area (TPSA) is 68.7 Å². The third-order valence-electron chi connectivity index (χ3n) is 2.48. The lowest BCUT2D eigenvalue weighted by Crippen LogP contribution is -2.02. The molecule has 6 heteroatoms. The van der Waals surface area contributed by atoms with Gasteiger partial charge in [-0.2, -0.15) is 0 Å². The maximum Gasteiger partial charge on any atom is 0.353 e. The predicted octanol–water partition coefficient (Wildman–Crippen LogP) is 3.09. The highest BCUT2D eigenvalue weighted by molar-refractivity contribution is 7.17. The summed E-state index contributed by atoms with van der Waals surface area (Å²) in [6.45, 7) is 4.49. The molecule has 1 N–H and O–H groups in total. The Morgan fingerprint density at radius 2 is 1.95 bits per heavy atom. The molecule has 0 amide bonds. The molecule has 2 aromatic rings. The van der Waals surface area contributed by atoms with E-state index >= 15 is 0 Å². The standard InChI is InChI=1S/C14H15NO4S/c1-3-18-10-7-5-9(6-8-10)13-15-12(16)11(20-13)14(17)19-4-2/h5-8,16H,3-4H2,1-2H3. The van der Waals surface area contributed by atoms with Crippen LogP contribution < -0.4 is 4.74 Å². The van der Waals surface area contributed by atoms with Gasteiger partial charge in [0.1, 0.15) is 10.8 Å². The average molecular weight is 293 g/mol. The van der Waals surface area contributed by atoms with Crippen molar-refractivity contribution in [3.8, 4) is 22.2 Å². The molecular weight excluding hydrogens is 278 g/mol. The van der Waals surface area contributed by atoms with Gasteiger partial charge in [-0.3, -0.25) is 0 Å². The first-order valence-electron chi connectivity index (χ1n) is 6.25. The molecule has 2 rings (SSSR count). The van der Waals surface area contributed by atoms with Gasteiger partial charge in [-0.15, -0.1) is 11.3 Å². The minimum absolute atomic E-state index is 0.121. The van der Waals surface area contributed by atoms with E-state index in [1.807, 2.05) is 31.2 Å². The second-order valence-electron chi connectivity index (χ2n) is 3.85. The van der Waals surface area contributed by atoms with Crippen molar-refractivity contribution in [1.29, 1.82) is 0 Å². The number of aromatic nitrogens is 1. The van der Waals surface area contributed by atoms with E-state index in [1.165, 1.54) is 0 Å². The van der Waals surface area contributed by atoms with Crippen LogP contribution in [0.15, 0.2) is 24.3 Å². The van der Waals surface area contributed by atoms with Gasteiger partial charge in [0.25, 0.3) is 0 Å². The lowest BCUT2D eigenvalue weighted by molar-refractivity contribution is 0.0528. The highest BCUT2D eigenvalue weighted by Gasteiger charge is 2.19. The number of hydrogen-bond acceptors (Lipinski definition) is 6. The molecule has 0 saturated heterocycles. The summed E-state index contributed by atoms with van der Waals surface area (Å²) < 4.78 is 10.2. The molecule has 0 unspecified atom stereocenters. The van der Waals surface area contributed by atoms with E-state index in [2.05, 4.69) is 4.98 Å². The molecule has 0 aliphatic carbocycles. The van der Waals surface area contributed by atoms with Crippen LogP contribution in [0.4, 0.5) is 0 Å². The zero-order valence-electron chi connectivity index (χ0n) is 11.3. The van der Waals surface area contributed by atoms with E-state index in [0.717, 1.165) is 22.6 Å². The highest BCUT2D eigenvalue weighted by atomic mass is 32.1. The Bertz CT molecular complexity index is 592. The summed E-state index contributed by atoms with van der Waals surface area (Å²) in [4.78, 5) is 15.7. The molecule has 1 aromatic heterocycles. The quantitative estimate of drug-likeness (QED) is 0.858. The first-order chi connectivity index (χ1) is 9.65. The minimum Gasteiger partial charge on any atom is -0.494 e. The number of rotatable bonds is 5. The van der Waals surface area contributed by atoms with Gasteiger partial charge in [0, 0.05) is 5.56 Å². The monoisotopic (exact) mass is 293 g/mol. The Kier molecular flexibility index (Phi) is 4.57. The Morgan fingerprint density at radius 3 is 2.55 bits per heavy atom. The maximum absolute atomic E-state index is 11.6. The minimum atomic E-state index is -0.556. The third kappa shape index (κ3) is 3.08. The number of aromatic hydroxyl groups is 1. The smallest absolute Gasteiger partial charge is 0.353 e. The molecule has 106 valence electrons. The Morgan fingerprint density at radius 1 is 1.25 bits per heavy atom. The lowest BCUT2D eigenvalue weighted by atomic mass is 10.2. The Labute approximate surface area is 120 Å². The van der Waals surface area contributed by atoms with Crippen molar-refractivity contribution >= 4 is 17.3 Å². The number of thiazole rings is 1. The zero-order chi connectivity index (χ0) is 14.5. The van der Waals surface area contributed by atoms with Gasteiger partial charge < -0.3 is 14.6 Å². The van der Waals surface area contributed by atoms with Crippen molar-refractivity contribution in [2.45, 2.75) is 13.8 Å².